The third-order valence-electron chi connectivity index (χ3n) is 4.72. The number of rotatable bonds is 5. The van der Waals surface area contributed by atoms with Crippen molar-refractivity contribution in [1.29, 1.82) is 0 Å². The third-order valence-corrected chi connectivity index (χ3v) is 4.72. The van der Waals surface area contributed by atoms with E-state index in [4.69, 9.17) is 5.11 Å². The zero-order valence-electron chi connectivity index (χ0n) is 10.4. The van der Waals surface area contributed by atoms with Crippen LogP contribution in [0.5, 0.6) is 0 Å². The van der Waals surface area contributed by atoms with E-state index in [9.17, 15) is 34.5 Å². The Hall–Kier alpha value is -2.12. The zero-order chi connectivity index (χ0) is 15.2. The van der Waals surface area contributed by atoms with Crippen molar-refractivity contribution in [2.45, 2.75) is 19.3 Å². The van der Waals surface area contributed by atoms with Gasteiger partial charge in [-0.05, 0) is 18.8 Å². The largest absolute Gasteiger partial charge is 0.481 e. The minimum atomic E-state index is -2.01. The maximum Gasteiger partial charge on any atom is 0.311 e. The van der Waals surface area contributed by atoms with Crippen LogP contribution in [0.1, 0.15) is 19.3 Å². The summed E-state index contributed by atoms with van der Waals surface area (Å²) in [6.45, 7) is 0. The number of carbonyl (C=O) groups is 4. The van der Waals surface area contributed by atoms with Gasteiger partial charge in [0.05, 0.1) is 23.2 Å². The van der Waals surface area contributed by atoms with E-state index in [1.165, 1.54) is 0 Å². The highest BCUT2D eigenvalue weighted by Crippen LogP contribution is 2.64. The molecule has 2 fully saturated rings. The monoisotopic (exact) mass is 286 g/mol. The van der Waals surface area contributed by atoms with Crippen LogP contribution in [0.15, 0.2) is 0 Å². The number of aliphatic carboxylic acids is 4. The Bertz CT molecular complexity index is 470. The van der Waals surface area contributed by atoms with Crippen LogP contribution in [-0.4, -0.2) is 44.3 Å². The summed E-state index contributed by atoms with van der Waals surface area (Å²) >= 11 is 0. The van der Waals surface area contributed by atoms with Gasteiger partial charge in [0.2, 0.25) is 0 Å². The van der Waals surface area contributed by atoms with Crippen LogP contribution in [0, 0.1) is 29.1 Å². The molecule has 0 aromatic rings. The van der Waals surface area contributed by atoms with E-state index in [-0.39, 0.29) is 0 Å². The lowest BCUT2D eigenvalue weighted by atomic mass is 9.39. The molecule has 20 heavy (non-hydrogen) atoms. The molecule has 0 bridgehead atoms. The van der Waals surface area contributed by atoms with Crippen LogP contribution in [0.4, 0.5) is 0 Å². The quantitative estimate of drug-likeness (QED) is 0.550. The van der Waals surface area contributed by atoms with Gasteiger partial charge in [0.15, 0.2) is 0 Å². The molecule has 2 saturated carbocycles. The molecule has 0 spiro atoms. The number of hydrogen-bond acceptors (Lipinski definition) is 4. The van der Waals surface area contributed by atoms with Gasteiger partial charge in [0.1, 0.15) is 0 Å². The molecule has 2 unspecified atom stereocenters. The Morgan fingerprint density at radius 3 is 1.45 bits per heavy atom. The minimum absolute atomic E-state index is 0.409. The molecular formula is C12H14O8. The second-order valence-electron chi connectivity index (χ2n) is 5.36. The summed E-state index contributed by atoms with van der Waals surface area (Å²) in [6, 6.07) is 0. The highest BCUT2D eigenvalue weighted by Gasteiger charge is 2.77. The Labute approximate surface area is 113 Å². The fourth-order valence-electron chi connectivity index (χ4n) is 3.70. The molecule has 2 atom stereocenters. The average molecular weight is 286 g/mol. The molecule has 0 amide bonds. The molecule has 0 aromatic heterocycles. The maximum absolute atomic E-state index is 11.6. The summed E-state index contributed by atoms with van der Waals surface area (Å²) in [5, 5.41) is 36.8. The highest BCUT2D eigenvalue weighted by molar-refractivity contribution is 5.99. The number of carboxylic acid groups (broad SMARTS) is 4. The van der Waals surface area contributed by atoms with E-state index < -0.39 is 53.0 Å². The van der Waals surface area contributed by atoms with Crippen molar-refractivity contribution in [1.82, 2.24) is 0 Å². The van der Waals surface area contributed by atoms with E-state index in [2.05, 4.69) is 0 Å². The summed E-state index contributed by atoms with van der Waals surface area (Å²) in [5.41, 5.74) is -2.01. The van der Waals surface area contributed by atoms with E-state index in [1.54, 1.807) is 0 Å². The molecule has 0 aliphatic heterocycles. The van der Waals surface area contributed by atoms with Gasteiger partial charge in [-0.1, -0.05) is 6.42 Å². The molecule has 0 heterocycles. The molecule has 0 radical (unpaired) electrons. The van der Waals surface area contributed by atoms with Gasteiger partial charge in [-0.2, -0.15) is 0 Å². The van der Waals surface area contributed by atoms with Crippen LogP contribution in [0.2, 0.25) is 0 Å². The van der Waals surface area contributed by atoms with Crippen LogP contribution in [0.3, 0.4) is 0 Å². The van der Waals surface area contributed by atoms with Gasteiger partial charge < -0.3 is 20.4 Å². The van der Waals surface area contributed by atoms with Crippen molar-refractivity contribution >= 4 is 23.9 Å². The van der Waals surface area contributed by atoms with E-state index in [0.29, 0.717) is 19.3 Å². The summed E-state index contributed by atoms with van der Waals surface area (Å²) in [6.07, 6.45) is 1.51. The van der Waals surface area contributed by atoms with Crippen molar-refractivity contribution in [2.75, 3.05) is 0 Å². The van der Waals surface area contributed by atoms with Crippen LogP contribution >= 0.6 is 0 Å². The molecule has 2 aliphatic carbocycles. The van der Waals surface area contributed by atoms with Gasteiger partial charge in [-0.15, -0.1) is 0 Å². The minimum Gasteiger partial charge on any atom is -0.481 e. The molecule has 8 heteroatoms. The molecule has 0 saturated heterocycles. The molecule has 0 aromatic carbocycles. The van der Waals surface area contributed by atoms with E-state index >= 15 is 0 Å². The summed E-state index contributed by atoms with van der Waals surface area (Å²) in [5.74, 6) is -12.0. The Kier molecular flexibility index (Phi) is 3.19. The number of hydrogen-bond donors (Lipinski definition) is 4. The van der Waals surface area contributed by atoms with Crippen molar-refractivity contribution in [3.05, 3.63) is 0 Å². The summed E-state index contributed by atoms with van der Waals surface area (Å²) < 4.78 is 0. The first-order chi connectivity index (χ1) is 9.26. The normalized spacial score (nSPS) is 36.5. The third kappa shape index (κ3) is 1.53. The van der Waals surface area contributed by atoms with Crippen molar-refractivity contribution < 1.29 is 39.6 Å². The molecule has 2 aliphatic rings. The van der Waals surface area contributed by atoms with Crippen LogP contribution < -0.4 is 0 Å². The predicted molar refractivity (Wildman–Crippen MR) is 60.8 cm³/mol. The van der Waals surface area contributed by atoms with Crippen molar-refractivity contribution in [2.24, 2.45) is 29.1 Å². The molecule has 2 rings (SSSR count). The standard InChI is InChI=1S/C12H14O8/c13-8(14)5-6(9(15)16)12(11(19)20,4-2-1-3-4)7(5)10(17)18/h4-7H,1-3H2,(H,13,14)(H,15,16)(H,17,18)(H,19,20). The first-order valence-corrected chi connectivity index (χ1v) is 6.18. The molecular weight excluding hydrogens is 272 g/mol. The van der Waals surface area contributed by atoms with E-state index in [1.807, 2.05) is 0 Å². The first kappa shape index (κ1) is 14.3. The topological polar surface area (TPSA) is 149 Å². The molecule has 8 nitrogen and oxygen atoms in total. The first-order valence-electron chi connectivity index (χ1n) is 6.18. The smallest absolute Gasteiger partial charge is 0.311 e. The lowest BCUT2D eigenvalue weighted by Crippen LogP contribution is -2.71. The Morgan fingerprint density at radius 2 is 1.25 bits per heavy atom. The zero-order valence-corrected chi connectivity index (χ0v) is 10.4. The SMILES string of the molecule is O=C(O)C1C(C(=O)O)C(C(=O)O)(C2CCC2)C1C(=O)O. The maximum atomic E-state index is 11.6. The predicted octanol–water partition coefficient (Wildman–Crippen LogP) is -0.0265. The van der Waals surface area contributed by atoms with E-state index in [0.717, 1.165) is 0 Å². The van der Waals surface area contributed by atoms with Gasteiger partial charge in [-0.25, -0.2) is 0 Å². The van der Waals surface area contributed by atoms with Crippen LogP contribution in [0.25, 0.3) is 0 Å². The lowest BCUT2D eigenvalue weighted by molar-refractivity contribution is -0.227. The summed E-state index contributed by atoms with van der Waals surface area (Å²) in [4.78, 5) is 45.4. The summed E-state index contributed by atoms with van der Waals surface area (Å²) in [7, 11) is 0. The van der Waals surface area contributed by atoms with Gasteiger partial charge >= 0.3 is 23.9 Å². The fraction of sp³-hybridized carbons (Fsp3) is 0.667. The Balaban J connectivity index is 2.55. The fourth-order valence-corrected chi connectivity index (χ4v) is 3.70. The second kappa shape index (κ2) is 4.46. The van der Waals surface area contributed by atoms with Crippen molar-refractivity contribution in [3.8, 4) is 0 Å². The van der Waals surface area contributed by atoms with Gasteiger partial charge in [-0.3, -0.25) is 19.2 Å². The molecule has 4 N–H and O–H groups in total. The van der Waals surface area contributed by atoms with Gasteiger partial charge in [0.25, 0.3) is 0 Å². The second-order valence-corrected chi connectivity index (χ2v) is 5.36. The Morgan fingerprint density at radius 1 is 0.800 bits per heavy atom. The molecule has 110 valence electrons. The lowest BCUT2D eigenvalue weighted by Gasteiger charge is -2.58. The highest BCUT2D eigenvalue weighted by atomic mass is 16.4. The number of carboxylic acids is 4. The van der Waals surface area contributed by atoms with Crippen molar-refractivity contribution in [3.63, 3.8) is 0 Å². The van der Waals surface area contributed by atoms with Gasteiger partial charge in [0, 0.05) is 0 Å². The average Bonchev–Trinajstić information content (AvgIpc) is 2.17. The van der Waals surface area contributed by atoms with Crippen LogP contribution in [-0.2, 0) is 19.2 Å².